The molecule has 1 aromatic rings. The molecule has 0 fully saturated rings. The van der Waals surface area contributed by atoms with Crippen molar-refractivity contribution < 1.29 is 14.3 Å². The predicted octanol–water partition coefficient (Wildman–Crippen LogP) is 3.42. The van der Waals surface area contributed by atoms with Gasteiger partial charge in [-0.1, -0.05) is 50.6 Å². The zero-order chi connectivity index (χ0) is 16.2. The number of amides is 1. The SMILES string of the molecule is CCCCOC(=O)CCCC(=O)NCC(C)c1ccccc1. The molecule has 0 radical (unpaired) electrons. The number of carbonyl (C=O) groups is 2. The standard InChI is InChI=1S/C18H27NO3/c1-3-4-13-22-18(21)12-8-11-17(20)19-14-15(2)16-9-6-5-7-10-16/h5-7,9-10,15H,3-4,8,11-14H2,1-2H3,(H,19,20). The van der Waals surface area contributed by atoms with Crippen molar-refractivity contribution in [1.29, 1.82) is 0 Å². The van der Waals surface area contributed by atoms with Gasteiger partial charge in [0.1, 0.15) is 0 Å². The summed E-state index contributed by atoms with van der Waals surface area (Å²) in [6, 6.07) is 10.1. The highest BCUT2D eigenvalue weighted by atomic mass is 16.5. The first kappa shape index (κ1) is 18.2. The first-order valence-corrected chi connectivity index (χ1v) is 8.10. The number of nitrogens with one attached hydrogen (secondary N) is 1. The van der Waals surface area contributed by atoms with E-state index in [9.17, 15) is 9.59 Å². The van der Waals surface area contributed by atoms with E-state index in [4.69, 9.17) is 4.74 Å². The molecule has 0 aliphatic heterocycles. The molecule has 1 amide bonds. The maximum absolute atomic E-state index is 11.8. The first-order valence-electron chi connectivity index (χ1n) is 8.10. The Morgan fingerprint density at radius 3 is 2.55 bits per heavy atom. The van der Waals surface area contributed by atoms with E-state index in [2.05, 4.69) is 31.3 Å². The predicted molar refractivity (Wildman–Crippen MR) is 87.6 cm³/mol. The van der Waals surface area contributed by atoms with E-state index in [1.807, 2.05) is 18.2 Å². The van der Waals surface area contributed by atoms with Crippen LogP contribution in [-0.4, -0.2) is 25.0 Å². The quantitative estimate of drug-likeness (QED) is 0.532. The number of esters is 1. The fourth-order valence-electron chi connectivity index (χ4n) is 2.05. The first-order chi connectivity index (χ1) is 10.6. The third-order valence-electron chi connectivity index (χ3n) is 3.52. The van der Waals surface area contributed by atoms with Gasteiger partial charge in [-0.2, -0.15) is 0 Å². The van der Waals surface area contributed by atoms with Gasteiger partial charge in [-0.25, -0.2) is 0 Å². The van der Waals surface area contributed by atoms with Crippen LogP contribution in [0.3, 0.4) is 0 Å². The molecular weight excluding hydrogens is 278 g/mol. The Morgan fingerprint density at radius 1 is 1.14 bits per heavy atom. The van der Waals surface area contributed by atoms with Crippen LogP contribution in [0.25, 0.3) is 0 Å². The van der Waals surface area contributed by atoms with E-state index in [0.717, 1.165) is 12.8 Å². The van der Waals surface area contributed by atoms with Gasteiger partial charge in [0.05, 0.1) is 6.61 Å². The van der Waals surface area contributed by atoms with Crippen molar-refractivity contribution in [1.82, 2.24) is 5.32 Å². The molecule has 0 saturated heterocycles. The highest BCUT2D eigenvalue weighted by Gasteiger charge is 2.09. The van der Waals surface area contributed by atoms with Crippen LogP contribution in [0.15, 0.2) is 30.3 Å². The van der Waals surface area contributed by atoms with Crippen molar-refractivity contribution in [2.24, 2.45) is 0 Å². The number of unbranched alkanes of at least 4 members (excludes halogenated alkanes) is 1. The second-order valence-electron chi connectivity index (χ2n) is 5.54. The Hall–Kier alpha value is -1.84. The molecule has 0 bridgehead atoms. The summed E-state index contributed by atoms with van der Waals surface area (Å²) in [5.41, 5.74) is 1.21. The maximum atomic E-state index is 11.8. The number of hydrogen-bond acceptors (Lipinski definition) is 3. The van der Waals surface area contributed by atoms with Crippen molar-refractivity contribution in [3.8, 4) is 0 Å². The minimum absolute atomic E-state index is 0.0101. The lowest BCUT2D eigenvalue weighted by Crippen LogP contribution is -2.27. The van der Waals surface area contributed by atoms with E-state index in [0.29, 0.717) is 32.4 Å². The van der Waals surface area contributed by atoms with Crippen LogP contribution < -0.4 is 5.32 Å². The van der Waals surface area contributed by atoms with Gasteiger partial charge in [-0.3, -0.25) is 9.59 Å². The van der Waals surface area contributed by atoms with Gasteiger partial charge in [-0.05, 0) is 24.3 Å². The molecule has 1 N–H and O–H groups in total. The maximum Gasteiger partial charge on any atom is 0.305 e. The van der Waals surface area contributed by atoms with Crippen molar-refractivity contribution in [3.63, 3.8) is 0 Å². The fourth-order valence-corrected chi connectivity index (χ4v) is 2.05. The normalized spacial score (nSPS) is 11.7. The molecule has 1 unspecified atom stereocenters. The Bertz CT molecular complexity index is 445. The average Bonchev–Trinajstić information content (AvgIpc) is 2.53. The molecule has 0 heterocycles. The fraction of sp³-hybridized carbons (Fsp3) is 0.556. The molecule has 1 atom stereocenters. The molecule has 0 aliphatic carbocycles. The molecular formula is C18H27NO3. The second-order valence-corrected chi connectivity index (χ2v) is 5.54. The minimum atomic E-state index is -0.209. The second kappa shape index (κ2) is 10.8. The van der Waals surface area contributed by atoms with Crippen LogP contribution in [0.1, 0.15) is 57.4 Å². The number of benzene rings is 1. The minimum Gasteiger partial charge on any atom is -0.466 e. The molecule has 0 aliphatic rings. The van der Waals surface area contributed by atoms with Crippen LogP contribution in [0.2, 0.25) is 0 Å². The van der Waals surface area contributed by atoms with E-state index >= 15 is 0 Å². The van der Waals surface area contributed by atoms with E-state index in [-0.39, 0.29) is 17.8 Å². The zero-order valence-electron chi connectivity index (χ0n) is 13.6. The molecule has 22 heavy (non-hydrogen) atoms. The number of rotatable bonds is 10. The van der Waals surface area contributed by atoms with E-state index in [1.165, 1.54) is 5.56 Å². The van der Waals surface area contributed by atoms with E-state index in [1.54, 1.807) is 0 Å². The average molecular weight is 305 g/mol. The number of hydrogen-bond donors (Lipinski definition) is 1. The van der Waals surface area contributed by atoms with Crippen molar-refractivity contribution in [2.75, 3.05) is 13.2 Å². The van der Waals surface area contributed by atoms with Gasteiger partial charge in [0.15, 0.2) is 0 Å². The molecule has 4 heteroatoms. The summed E-state index contributed by atoms with van der Waals surface area (Å²) in [6.07, 6.45) is 3.12. The van der Waals surface area contributed by atoms with Gasteiger partial charge < -0.3 is 10.1 Å². The van der Waals surface area contributed by atoms with Gasteiger partial charge in [0.2, 0.25) is 5.91 Å². The Morgan fingerprint density at radius 2 is 1.86 bits per heavy atom. The Labute approximate surface area is 133 Å². The Kier molecular flexibility index (Phi) is 8.96. The molecule has 122 valence electrons. The highest BCUT2D eigenvalue weighted by Crippen LogP contribution is 2.13. The van der Waals surface area contributed by atoms with Crippen LogP contribution in [0.4, 0.5) is 0 Å². The van der Waals surface area contributed by atoms with E-state index < -0.39 is 0 Å². The van der Waals surface area contributed by atoms with Gasteiger partial charge >= 0.3 is 5.97 Å². The monoisotopic (exact) mass is 305 g/mol. The molecule has 4 nitrogen and oxygen atoms in total. The molecule has 1 aromatic carbocycles. The summed E-state index contributed by atoms with van der Waals surface area (Å²) >= 11 is 0. The summed E-state index contributed by atoms with van der Waals surface area (Å²) in [5.74, 6) is 0.0622. The Balaban J connectivity index is 2.12. The summed E-state index contributed by atoms with van der Waals surface area (Å²) < 4.78 is 5.05. The van der Waals surface area contributed by atoms with Crippen molar-refractivity contribution >= 4 is 11.9 Å². The molecule has 1 rings (SSSR count). The zero-order valence-corrected chi connectivity index (χ0v) is 13.6. The summed E-state index contributed by atoms with van der Waals surface area (Å²) in [4.78, 5) is 23.2. The molecule has 0 spiro atoms. The smallest absolute Gasteiger partial charge is 0.305 e. The van der Waals surface area contributed by atoms with Crippen LogP contribution in [0, 0.1) is 0 Å². The van der Waals surface area contributed by atoms with Crippen LogP contribution in [-0.2, 0) is 14.3 Å². The third-order valence-corrected chi connectivity index (χ3v) is 3.52. The lowest BCUT2D eigenvalue weighted by Gasteiger charge is -2.13. The summed E-state index contributed by atoms with van der Waals surface area (Å²) in [6.45, 7) is 5.23. The van der Waals surface area contributed by atoms with Gasteiger partial charge in [0.25, 0.3) is 0 Å². The van der Waals surface area contributed by atoms with Crippen molar-refractivity contribution in [3.05, 3.63) is 35.9 Å². The topological polar surface area (TPSA) is 55.4 Å². The molecule has 0 saturated carbocycles. The van der Waals surface area contributed by atoms with Gasteiger partial charge in [-0.15, -0.1) is 0 Å². The lowest BCUT2D eigenvalue weighted by atomic mass is 10.0. The summed E-state index contributed by atoms with van der Waals surface area (Å²) in [7, 11) is 0. The largest absolute Gasteiger partial charge is 0.466 e. The third kappa shape index (κ3) is 7.81. The molecule has 0 aromatic heterocycles. The lowest BCUT2D eigenvalue weighted by molar-refractivity contribution is -0.143. The number of carbonyl (C=O) groups excluding carboxylic acids is 2. The van der Waals surface area contributed by atoms with Gasteiger partial charge in [0, 0.05) is 19.4 Å². The van der Waals surface area contributed by atoms with Crippen molar-refractivity contribution in [2.45, 2.75) is 51.9 Å². The van der Waals surface area contributed by atoms with Crippen LogP contribution in [0.5, 0.6) is 0 Å². The number of ether oxygens (including phenoxy) is 1. The summed E-state index contributed by atoms with van der Waals surface area (Å²) in [5, 5.41) is 2.92. The van der Waals surface area contributed by atoms with Crippen LogP contribution >= 0.6 is 0 Å². The highest BCUT2D eigenvalue weighted by molar-refractivity contribution is 5.77.